The van der Waals surface area contributed by atoms with Gasteiger partial charge in [0.25, 0.3) is 5.91 Å². The molecule has 8 heteroatoms. The Labute approximate surface area is 148 Å². The van der Waals surface area contributed by atoms with E-state index in [1.54, 1.807) is 24.3 Å². The van der Waals surface area contributed by atoms with Crippen molar-refractivity contribution >= 4 is 17.5 Å². The van der Waals surface area contributed by atoms with Gasteiger partial charge in [-0.2, -0.15) is 14.0 Å². The van der Waals surface area contributed by atoms with E-state index in [9.17, 15) is 18.4 Å². The minimum Gasteiger partial charge on any atom is -0.434 e. The molecule has 2 aromatic rings. The number of nitriles is 1. The molecule has 0 atom stereocenters. The van der Waals surface area contributed by atoms with Crippen LogP contribution >= 0.6 is 0 Å². The zero-order valence-corrected chi connectivity index (χ0v) is 13.5. The molecule has 2 N–H and O–H groups in total. The van der Waals surface area contributed by atoms with Crippen LogP contribution in [0.15, 0.2) is 48.5 Å². The molecule has 0 unspecified atom stereocenters. The van der Waals surface area contributed by atoms with Gasteiger partial charge >= 0.3 is 6.61 Å². The van der Waals surface area contributed by atoms with Crippen LogP contribution in [-0.2, 0) is 11.2 Å². The van der Waals surface area contributed by atoms with Crippen molar-refractivity contribution in [3.05, 3.63) is 59.7 Å². The minimum absolute atomic E-state index is 0.0959. The molecule has 0 heterocycles. The van der Waals surface area contributed by atoms with Crippen LogP contribution in [0.3, 0.4) is 0 Å². The molecule has 0 aliphatic heterocycles. The Balaban J connectivity index is 1.91. The lowest BCUT2D eigenvalue weighted by Gasteiger charge is -2.11. The predicted molar refractivity (Wildman–Crippen MR) is 89.8 cm³/mol. The van der Waals surface area contributed by atoms with Crippen LogP contribution in [-0.4, -0.2) is 25.0 Å². The number of carbonyl (C=O) groups excluding carboxylic acids is 2. The molecule has 2 amide bonds. The van der Waals surface area contributed by atoms with E-state index in [1.807, 2.05) is 6.07 Å². The van der Waals surface area contributed by atoms with E-state index >= 15 is 0 Å². The van der Waals surface area contributed by atoms with Gasteiger partial charge in [-0.25, -0.2) is 0 Å². The number of nitrogens with zero attached hydrogens (tertiary/aromatic N) is 1. The Morgan fingerprint density at radius 1 is 1.12 bits per heavy atom. The van der Waals surface area contributed by atoms with Gasteiger partial charge in [0.05, 0.1) is 24.6 Å². The summed E-state index contributed by atoms with van der Waals surface area (Å²) in [4.78, 5) is 24.0. The molecule has 134 valence electrons. The van der Waals surface area contributed by atoms with Crippen molar-refractivity contribution in [1.82, 2.24) is 5.32 Å². The molecule has 0 radical (unpaired) electrons. The van der Waals surface area contributed by atoms with Gasteiger partial charge < -0.3 is 15.4 Å². The molecule has 6 nitrogen and oxygen atoms in total. The van der Waals surface area contributed by atoms with Crippen molar-refractivity contribution in [3.8, 4) is 11.8 Å². The van der Waals surface area contributed by atoms with Gasteiger partial charge in [0, 0.05) is 5.69 Å². The fourth-order valence-corrected chi connectivity index (χ4v) is 2.11. The molecule has 0 bridgehead atoms. The van der Waals surface area contributed by atoms with Crippen molar-refractivity contribution in [1.29, 1.82) is 5.26 Å². The van der Waals surface area contributed by atoms with Crippen LogP contribution in [0.1, 0.15) is 15.9 Å². The van der Waals surface area contributed by atoms with Gasteiger partial charge in [0.1, 0.15) is 5.75 Å². The highest BCUT2D eigenvalue weighted by molar-refractivity contribution is 6.00. The maximum atomic E-state index is 12.4. The van der Waals surface area contributed by atoms with E-state index in [-0.39, 0.29) is 24.3 Å². The lowest BCUT2D eigenvalue weighted by Crippen LogP contribution is -2.33. The number of nitrogens with one attached hydrogen (secondary N) is 2. The van der Waals surface area contributed by atoms with Crippen LogP contribution in [0, 0.1) is 11.3 Å². The Bertz CT molecular complexity index is 817. The molecule has 0 saturated carbocycles. The second kappa shape index (κ2) is 9.13. The standard InChI is InChI=1S/C18H15F2N3O3/c19-18(20)26-15-4-2-1-3-14(15)17(25)22-11-16(24)23-13-7-5-12(6-8-13)9-10-21/h1-8,18H,9,11H2,(H,22,25)(H,23,24). The summed E-state index contributed by atoms with van der Waals surface area (Å²) in [5, 5.41) is 13.5. The quantitative estimate of drug-likeness (QED) is 0.795. The van der Waals surface area contributed by atoms with Crippen LogP contribution < -0.4 is 15.4 Å². The predicted octanol–water partition coefficient (Wildman–Crippen LogP) is 2.72. The molecule has 0 fully saturated rings. The van der Waals surface area contributed by atoms with Crippen molar-refractivity contribution in [3.63, 3.8) is 0 Å². The first-order valence-electron chi connectivity index (χ1n) is 7.57. The molecule has 0 saturated heterocycles. The average molecular weight is 359 g/mol. The van der Waals surface area contributed by atoms with Gasteiger partial charge in [-0.05, 0) is 29.8 Å². The van der Waals surface area contributed by atoms with Crippen LogP contribution in [0.25, 0.3) is 0 Å². The zero-order valence-electron chi connectivity index (χ0n) is 13.5. The second-order valence-corrected chi connectivity index (χ2v) is 5.14. The monoisotopic (exact) mass is 359 g/mol. The lowest BCUT2D eigenvalue weighted by atomic mass is 10.1. The summed E-state index contributed by atoms with van der Waals surface area (Å²) in [6.45, 7) is -3.40. The summed E-state index contributed by atoms with van der Waals surface area (Å²) < 4.78 is 29.0. The normalized spacial score (nSPS) is 10.1. The largest absolute Gasteiger partial charge is 0.434 e. The molecule has 0 spiro atoms. The number of amides is 2. The van der Waals surface area contributed by atoms with Gasteiger partial charge in [-0.3, -0.25) is 9.59 Å². The second-order valence-electron chi connectivity index (χ2n) is 5.14. The van der Waals surface area contributed by atoms with Crippen LogP contribution in [0.5, 0.6) is 5.75 Å². The van der Waals surface area contributed by atoms with E-state index in [0.29, 0.717) is 5.69 Å². The topological polar surface area (TPSA) is 91.2 Å². The molecule has 0 aromatic heterocycles. The first kappa shape index (κ1) is 18.9. The third-order valence-electron chi connectivity index (χ3n) is 3.28. The number of benzene rings is 2. The van der Waals surface area contributed by atoms with Crippen molar-refractivity contribution in [2.24, 2.45) is 0 Å². The Kier molecular flexibility index (Phi) is 6.62. The van der Waals surface area contributed by atoms with Gasteiger partial charge in [0.15, 0.2) is 0 Å². The third kappa shape index (κ3) is 5.56. The van der Waals surface area contributed by atoms with Crippen molar-refractivity contribution in [2.45, 2.75) is 13.0 Å². The van der Waals surface area contributed by atoms with Crippen LogP contribution in [0.4, 0.5) is 14.5 Å². The highest BCUT2D eigenvalue weighted by Crippen LogP contribution is 2.20. The van der Waals surface area contributed by atoms with Gasteiger partial charge in [0.2, 0.25) is 5.91 Å². The highest BCUT2D eigenvalue weighted by Gasteiger charge is 2.16. The number of ether oxygens (including phenoxy) is 1. The van der Waals surface area contributed by atoms with E-state index in [1.165, 1.54) is 24.3 Å². The summed E-state index contributed by atoms with van der Waals surface area (Å²) in [7, 11) is 0. The molecule has 2 rings (SSSR count). The summed E-state index contributed by atoms with van der Waals surface area (Å²) >= 11 is 0. The van der Waals surface area contributed by atoms with E-state index in [0.717, 1.165) is 5.56 Å². The molecule has 0 aliphatic rings. The minimum atomic E-state index is -3.06. The fraction of sp³-hybridized carbons (Fsp3) is 0.167. The maximum Gasteiger partial charge on any atom is 0.387 e. The van der Waals surface area contributed by atoms with Gasteiger partial charge in [-0.15, -0.1) is 0 Å². The summed E-state index contributed by atoms with van der Waals surface area (Å²) in [6.07, 6.45) is 0.268. The first-order valence-corrected chi connectivity index (χ1v) is 7.57. The summed E-state index contributed by atoms with van der Waals surface area (Å²) in [6, 6.07) is 14.2. The molecular formula is C18H15F2N3O3. The highest BCUT2D eigenvalue weighted by atomic mass is 19.3. The Morgan fingerprint density at radius 3 is 2.46 bits per heavy atom. The smallest absolute Gasteiger partial charge is 0.387 e. The fourth-order valence-electron chi connectivity index (χ4n) is 2.11. The molecule has 2 aromatic carbocycles. The average Bonchev–Trinajstić information content (AvgIpc) is 2.61. The van der Waals surface area contributed by atoms with E-state index < -0.39 is 18.4 Å². The van der Waals surface area contributed by atoms with Crippen molar-refractivity contribution in [2.75, 3.05) is 11.9 Å². The van der Waals surface area contributed by atoms with Gasteiger partial charge in [-0.1, -0.05) is 24.3 Å². The Hall–Kier alpha value is -3.47. The zero-order chi connectivity index (χ0) is 18.9. The number of carbonyl (C=O) groups is 2. The molecular weight excluding hydrogens is 344 g/mol. The number of anilines is 1. The maximum absolute atomic E-state index is 12.4. The van der Waals surface area contributed by atoms with Crippen molar-refractivity contribution < 1.29 is 23.1 Å². The summed E-state index contributed by atoms with van der Waals surface area (Å²) in [5.74, 6) is -1.46. The Morgan fingerprint density at radius 2 is 1.81 bits per heavy atom. The SMILES string of the molecule is N#CCc1ccc(NC(=O)CNC(=O)c2ccccc2OC(F)F)cc1. The number of hydrogen-bond donors (Lipinski definition) is 2. The van der Waals surface area contributed by atoms with E-state index in [2.05, 4.69) is 15.4 Å². The molecule has 26 heavy (non-hydrogen) atoms. The molecule has 0 aliphatic carbocycles. The summed E-state index contributed by atoms with van der Waals surface area (Å²) in [5.41, 5.74) is 1.23. The van der Waals surface area contributed by atoms with E-state index in [4.69, 9.17) is 5.26 Å². The number of para-hydroxylation sites is 1. The first-order chi connectivity index (χ1) is 12.5. The third-order valence-corrected chi connectivity index (χ3v) is 3.28. The number of rotatable bonds is 7. The number of alkyl halides is 2. The van der Waals surface area contributed by atoms with Crippen LogP contribution in [0.2, 0.25) is 0 Å². The number of hydrogen-bond acceptors (Lipinski definition) is 4. The number of halogens is 2. The lowest BCUT2D eigenvalue weighted by molar-refractivity contribution is -0.115.